The van der Waals surface area contributed by atoms with E-state index in [0.29, 0.717) is 5.57 Å². The van der Waals surface area contributed by atoms with Gasteiger partial charge in [-0.3, -0.25) is 0 Å². The van der Waals surface area contributed by atoms with Crippen molar-refractivity contribution < 1.29 is 19.1 Å². The highest BCUT2D eigenvalue weighted by Gasteiger charge is 2.26. The number of ether oxygens (including phenoxy) is 2. The summed E-state index contributed by atoms with van der Waals surface area (Å²) in [5, 5.41) is 2.47. The molecule has 1 unspecified atom stereocenters. The summed E-state index contributed by atoms with van der Waals surface area (Å²) in [6.45, 7) is 7.70. The molecule has 0 fully saturated rings. The molecule has 0 bridgehead atoms. The predicted octanol–water partition coefficient (Wildman–Crippen LogP) is 2.38. The van der Waals surface area contributed by atoms with E-state index in [0.717, 1.165) is 5.56 Å². The standard InChI is InChI=1S/C15H19NO4/c1-4-19-14(17)13(16-15(18)20-5-2)11(3)12-9-7-6-8-10-12/h6-10,13H,3-5H2,1-2H3,(H,16,18). The highest BCUT2D eigenvalue weighted by atomic mass is 16.6. The molecular weight excluding hydrogens is 258 g/mol. The third-order valence-corrected chi connectivity index (χ3v) is 2.55. The third kappa shape index (κ3) is 4.42. The maximum Gasteiger partial charge on any atom is 0.408 e. The van der Waals surface area contributed by atoms with Gasteiger partial charge in [0, 0.05) is 0 Å². The number of amides is 1. The van der Waals surface area contributed by atoms with Gasteiger partial charge in [0.05, 0.1) is 13.2 Å². The van der Waals surface area contributed by atoms with Crippen LogP contribution in [0.1, 0.15) is 19.4 Å². The molecule has 20 heavy (non-hydrogen) atoms. The number of hydrogen-bond acceptors (Lipinski definition) is 4. The SMILES string of the molecule is C=C(c1ccccc1)C(NC(=O)OCC)C(=O)OCC. The molecule has 0 heterocycles. The van der Waals surface area contributed by atoms with Gasteiger partial charge < -0.3 is 14.8 Å². The van der Waals surface area contributed by atoms with E-state index in [9.17, 15) is 9.59 Å². The fourth-order valence-corrected chi connectivity index (χ4v) is 1.62. The number of benzene rings is 1. The zero-order chi connectivity index (χ0) is 15.0. The Balaban J connectivity index is 2.89. The zero-order valence-electron chi connectivity index (χ0n) is 11.7. The Kier molecular flexibility index (Phi) is 6.29. The second kappa shape index (κ2) is 7.99. The molecule has 0 radical (unpaired) electrons. The van der Waals surface area contributed by atoms with Crippen LogP contribution in [0.4, 0.5) is 4.79 Å². The minimum Gasteiger partial charge on any atom is -0.464 e. The Morgan fingerprint density at radius 2 is 1.75 bits per heavy atom. The summed E-state index contributed by atoms with van der Waals surface area (Å²) in [6, 6.07) is 8.16. The third-order valence-electron chi connectivity index (χ3n) is 2.55. The molecule has 1 aromatic carbocycles. The Morgan fingerprint density at radius 1 is 1.15 bits per heavy atom. The Labute approximate surface area is 118 Å². The van der Waals surface area contributed by atoms with Crippen LogP contribution in [-0.4, -0.2) is 31.3 Å². The fraction of sp³-hybridized carbons (Fsp3) is 0.333. The summed E-state index contributed by atoms with van der Waals surface area (Å²) < 4.78 is 9.74. The van der Waals surface area contributed by atoms with Crippen molar-refractivity contribution in [3.63, 3.8) is 0 Å². The van der Waals surface area contributed by atoms with Crippen molar-refractivity contribution in [3.05, 3.63) is 42.5 Å². The Hall–Kier alpha value is -2.30. The van der Waals surface area contributed by atoms with Crippen molar-refractivity contribution in [1.29, 1.82) is 0 Å². The number of hydrogen-bond donors (Lipinski definition) is 1. The van der Waals surface area contributed by atoms with Crippen LogP contribution in [0.2, 0.25) is 0 Å². The summed E-state index contributed by atoms with van der Waals surface area (Å²) in [7, 11) is 0. The van der Waals surface area contributed by atoms with Gasteiger partial charge in [-0.2, -0.15) is 0 Å². The first-order valence-corrected chi connectivity index (χ1v) is 6.44. The number of rotatable bonds is 6. The molecule has 1 N–H and O–H groups in total. The van der Waals surface area contributed by atoms with Gasteiger partial charge in [-0.15, -0.1) is 0 Å². The van der Waals surface area contributed by atoms with Gasteiger partial charge >= 0.3 is 12.1 Å². The van der Waals surface area contributed by atoms with Crippen molar-refractivity contribution in [2.75, 3.05) is 13.2 Å². The second-order valence-corrected chi connectivity index (χ2v) is 3.94. The maximum absolute atomic E-state index is 11.9. The lowest BCUT2D eigenvalue weighted by Gasteiger charge is -2.19. The van der Waals surface area contributed by atoms with Gasteiger partial charge in [0.25, 0.3) is 0 Å². The van der Waals surface area contributed by atoms with Crippen LogP contribution in [0.5, 0.6) is 0 Å². The number of carbonyl (C=O) groups excluding carboxylic acids is 2. The molecule has 0 spiro atoms. The van der Waals surface area contributed by atoms with E-state index in [2.05, 4.69) is 11.9 Å². The van der Waals surface area contributed by atoms with Gasteiger partial charge in [0.15, 0.2) is 6.04 Å². The normalized spacial score (nSPS) is 11.3. The van der Waals surface area contributed by atoms with Crippen molar-refractivity contribution in [2.45, 2.75) is 19.9 Å². The smallest absolute Gasteiger partial charge is 0.408 e. The van der Waals surface area contributed by atoms with Crippen LogP contribution < -0.4 is 5.32 Å². The number of nitrogens with one attached hydrogen (secondary N) is 1. The first-order valence-electron chi connectivity index (χ1n) is 6.44. The van der Waals surface area contributed by atoms with E-state index in [-0.39, 0.29) is 13.2 Å². The summed E-state index contributed by atoms with van der Waals surface area (Å²) in [6.07, 6.45) is -0.678. The minimum absolute atomic E-state index is 0.221. The topological polar surface area (TPSA) is 64.6 Å². The molecule has 0 aliphatic heterocycles. The fourth-order valence-electron chi connectivity index (χ4n) is 1.62. The van der Waals surface area contributed by atoms with Crippen LogP contribution in [0.15, 0.2) is 36.9 Å². The number of carbonyl (C=O) groups is 2. The van der Waals surface area contributed by atoms with Crippen LogP contribution in [-0.2, 0) is 14.3 Å². The van der Waals surface area contributed by atoms with Crippen LogP contribution >= 0.6 is 0 Å². The van der Waals surface area contributed by atoms with Crippen molar-refractivity contribution in [1.82, 2.24) is 5.32 Å². The molecule has 1 amide bonds. The lowest BCUT2D eigenvalue weighted by molar-refractivity contribution is -0.143. The predicted molar refractivity (Wildman–Crippen MR) is 76.1 cm³/mol. The second-order valence-electron chi connectivity index (χ2n) is 3.94. The van der Waals surface area contributed by atoms with E-state index in [1.807, 2.05) is 18.2 Å². The average Bonchev–Trinajstić information content (AvgIpc) is 2.45. The van der Waals surface area contributed by atoms with Gasteiger partial charge in [-0.25, -0.2) is 9.59 Å². The van der Waals surface area contributed by atoms with E-state index in [1.165, 1.54) is 0 Å². The van der Waals surface area contributed by atoms with Gasteiger partial charge in [0.2, 0.25) is 0 Å². The molecule has 1 aromatic rings. The van der Waals surface area contributed by atoms with Gasteiger partial charge in [-0.1, -0.05) is 36.9 Å². The molecule has 1 rings (SSSR count). The van der Waals surface area contributed by atoms with E-state index >= 15 is 0 Å². The molecule has 0 aliphatic rings. The molecule has 0 saturated heterocycles. The van der Waals surface area contributed by atoms with Crippen LogP contribution in [0.3, 0.4) is 0 Å². The molecule has 5 nitrogen and oxygen atoms in total. The first kappa shape index (κ1) is 15.8. The highest BCUT2D eigenvalue weighted by Crippen LogP contribution is 2.17. The maximum atomic E-state index is 11.9. The molecule has 1 atom stereocenters. The summed E-state index contributed by atoms with van der Waals surface area (Å²) >= 11 is 0. The van der Waals surface area contributed by atoms with E-state index < -0.39 is 18.1 Å². The van der Waals surface area contributed by atoms with E-state index in [1.54, 1.807) is 26.0 Å². The first-order chi connectivity index (χ1) is 9.60. The average molecular weight is 277 g/mol. The van der Waals surface area contributed by atoms with Crippen LogP contribution in [0.25, 0.3) is 5.57 Å². The lowest BCUT2D eigenvalue weighted by Crippen LogP contribution is -2.42. The van der Waals surface area contributed by atoms with Crippen molar-refractivity contribution in [3.8, 4) is 0 Å². The molecular formula is C15H19NO4. The monoisotopic (exact) mass is 277 g/mol. The largest absolute Gasteiger partial charge is 0.464 e. The van der Waals surface area contributed by atoms with Crippen LogP contribution in [0, 0.1) is 0 Å². The number of esters is 1. The zero-order valence-corrected chi connectivity index (χ0v) is 11.7. The van der Waals surface area contributed by atoms with Crippen molar-refractivity contribution >= 4 is 17.6 Å². The minimum atomic E-state index is -0.962. The lowest BCUT2D eigenvalue weighted by atomic mass is 10.0. The Bertz CT molecular complexity index is 470. The van der Waals surface area contributed by atoms with Gasteiger partial charge in [-0.05, 0) is 25.0 Å². The summed E-state index contributed by atoms with van der Waals surface area (Å²) in [5.41, 5.74) is 1.21. The summed E-state index contributed by atoms with van der Waals surface area (Å²) in [5.74, 6) is -0.561. The quantitative estimate of drug-likeness (QED) is 0.811. The van der Waals surface area contributed by atoms with E-state index in [4.69, 9.17) is 9.47 Å². The molecule has 0 aliphatic carbocycles. The van der Waals surface area contributed by atoms with Gasteiger partial charge in [0.1, 0.15) is 0 Å². The molecule has 0 saturated carbocycles. The number of alkyl carbamates (subject to hydrolysis) is 1. The molecule has 0 aromatic heterocycles. The highest BCUT2D eigenvalue weighted by molar-refractivity contribution is 5.94. The summed E-state index contributed by atoms with van der Waals surface area (Å²) in [4.78, 5) is 23.5. The Morgan fingerprint density at radius 3 is 2.30 bits per heavy atom. The van der Waals surface area contributed by atoms with Crippen molar-refractivity contribution in [2.24, 2.45) is 0 Å². The molecule has 5 heteroatoms. The molecule has 108 valence electrons.